The van der Waals surface area contributed by atoms with Crippen LogP contribution >= 0.6 is 27.3 Å². The van der Waals surface area contributed by atoms with Crippen LogP contribution in [-0.4, -0.2) is 57.2 Å². The molecule has 2 unspecified atom stereocenters. The monoisotopic (exact) mass is 428 g/mol. The van der Waals surface area contributed by atoms with Gasteiger partial charge in [-0.2, -0.15) is 0 Å². The molecule has 2 aromatic rings. The van der Waals surface area contributed by atoms with Gasteiger partial charge in [-0.1, -0.05) is 27.3 Å². The number of rotatable bonds is 5. The van der Waals surface area contributed by atoms with Crippen molar-refractivity contribution in [3.63, 3.8) is 0 Å². The van der Waals surface area contributed by atoms with E-state index in [1.165, 1.54) is 17.5 Å². The van der Waals surface area contributed by atoms with E-state index in [-0.39, 0.29) is 12.2 Å². The summed E-state index contributed by atoms with van der Waals surface area (Å²) in [6, 6.07) is 7.05. The Morgan fingerprint density at radius 2 is 2.08 bits per heavy atom. The van der Waals surface area contributed by atoms with E-state index < -0.39 is 31.1 Å². The third-order valence-electron chi connectivity index (χ3n) is 3.87. The van der Waals surface area contributed by atoms with Gasteiger partial charge in [0.05, 0.1) is 23.8 Å². The predicted molar refractivity (Wildman–Crippen MR) is 95.7 cm³/mol. The lowest BCUT2D eigenvalue weighted by Gasteiger charge is -2.36. The highest BCUT2D eigenvalue weighted by Crippen LogP contribution is 2.26. The molecule has 7 nitrogen and oxygen atoms in total. The molecule has 0 saturated carbocycles. The van der Waals surface area contributed by atoms with Crippen LogP contribution in [0.15, 0.2) is 34.9 Å². The summed E-state index contributed by atoms with van der Waals surface area (Å²) in [4.78, 5) is 17.1. The summed E-state index contributed by atoms with van der Waals surface area (Å²) in [5.74, 6) is -0.133. The minimum Gasteiger partial charge on any atom is -0.394 e. The summed E-state index contributed by atoms with van der Waals surface area (Å²) in [7, 11) is 0. The molecule has 1 saturated heterocycles. The summed E-state index contributed by atoms with van der Waals surface area (Å²) in [6.07, 6.45) is -1.99. The number of halogens is 1. The van der Waals surface area contributed by atoms with E-state index in [1.807, 2.05) is 0 Å². The van der Waals surface area contributed by atoms with Gasteiger partial charge in [0.15, 0.2) is 5.13 Å². The Balaban J connectivity index is 1.67. The highest BCUT2D eigenvalue weighted by Gasteiger charge is 2.36. The Bertz CT molecular complexity index is 738. The Morgan fingerprint density at radius 1 is 1.36 bits per heavy atom. The van der Waals surface area contributed by atoms with E-state index in [1.54, 1.807) is 24.3 Å². The second-order valence-corrected chi connectivity index (χ2v) is 7.60. The summed E-state index contributed by atoms with van der Waals surface area (Å²) in [5, 5.41) is 32.2. The zero-order valence-electron chi connectivity index (χ0n) is 13.0. The number of anilines is 1. The van der Waals surface area contributed by atoms with Crippen molar-refractivity contribution in [1.82, 2.24) is 4.98 Å². The molecule has 1 aliphatic heterocycles. The van der Waals surface area contributed by atoms with Crippen molar-refractivity contribution in [3.8, 4) is 0 Å². The molecule has 134 valence electrons. The third kappa shape index (κ3) is 4.25. The molecular weight excluding hydrogens is 412 g/mol. The summed E-state index contributed by atoms with van der Waals surface area (Å²) in [6.45, 7) is -0.401. The standard InChI is InChI=1S/C16H17BrN2O5S/c17-9-3-1-8(2-4-9)14(22)12-6-18-16(25-12)19-13-5-10(21)15(23)11(7-20)24-13/h1-4,6,10-11,13,15,20-21,23H,5,7H2,(H,18,19)/t10-,11?,13+,15?/m1/s1. The maximum Gasteiger partial charge on any atom is 0.204 e. The predicted octanol–water partition coefficient (Wildman–Crippen LogP) is 1.38. The molecule has 9 heteroatoms. The van der Waals surface area contributed by atoms with E-state index in [4.69, 9.17) is 4.74 Å². The van der Waals surface area contributed by atoms with Gasteiger partial charge in [0, 0.05) is 16.5 Å². The average Bonchev–Trinajstić information content (AvgIpc) is 3.06. The fourth-order valence-corrected chi connectivity index (χ4v) is 3.61. The lowest BCUT2D eigenvalue weighted by molar-refractivity contribution is -0.172. The first-order chi connectivity index (χ1) is 12.0. The smallest absolute Gasteiger partial charge is 0.204 e. The van der Waals surface area contributed by atoms with Crippen molar-refractivity contribution in [2.75, 3.05) is 11.9 Å². The van der Waals surface area contributed by atoms with Crippen LogP contribution in [0.2, 0.25) is 0 Å². The molecule has 1 aromatic carbocycles. The number of thiazole rings is 1. The number of hydrogen-bond acceptors (Lipinski definition) is 8. The van der Waals surface area contributed by atoms with Crippen LogP contribution in [0.5, 0.6) is 0 Å². The van der Waals surface area contributed by atoms with Gasteiger partial charge in [0.2, 0.25) is 5.78 Å². The molecule has 0 aliphatic carbocycles. The van der Waals surface area contributed by atoms with E-state index in [0.717, 1.165) is 4.47 Å². The van der Waals surface area contributed by atoms with Crippen LogP contribution in [0.1, 0.15) is 21.7 Å². The SMILES string of the molecule is O=C(c1ccc(Br)cc1)c1cnc(N[C@@H]2C[C@@H](O)C(O)C(CO)O2)s1. The fourth-order valence-electron chi connectivity index (χ4n) is 2.52. The first-order valence-electron chi connectivity index (χ1n) is 7.63. The normalized spacial score (nSPS) is 26.4. The van der Waals surface area contributed by atoms with Gasteiger partial charge in [-0.3, -0.25) is 4.79 Å². The molecule has 0 spiro atoms. The largest absolute Gasteiger partial charge is 0.394 e. The zero-order valence-corrected chi connectivity index (χ0v) is 15.4. The Labute approximate surface area is 156 Å². The number of aliphatic hydroxyl groups excluding tert-OH is 3. The number of ketones is 1. The number of hydrogen-bond donors (Lipinski definition) is 4. The summed E-state index contributed by atoms with van der Waals surface area (Å²) in [5.41, 5.74) is 0.561. The Kier molecular flexibility index (Phi) is 5.82. The van der Waals surface area contributed by atoms with Crippen LogP contribution in [0, 0.1) is 0 Å². The second kappa shape index (κ2) is 7.90. The first kappa shape index (κ1) is 18.4. The molecule has 3 rings (SSSR count). The molecule has 25 heavy (non-hydrogen) atoms. The number of benzene rings is 1. The molecule has 4 N–H and O–H groups in total. The van der Waals surface area contributed by atoms with Crippen LogP contribution in [0.3, 0.4) is 0 Å². The van der Waals surface area contributed by atoms with Gasteiger partial charge >= 0.3 is 0 Å². The maximum absolute atomic E-state index is 12.4. The van der Waals surface area contributed by atoms with Gasteiger partial charge in [-0.15, -0.1) is 0 Å². The van der Waals surface area contributed by atoms with Gasteiger partial charge in [0.25, 0.3) is 0 Å². The molecule has 1 aromatic heterocycles. The molecule has 1 fully saturated rings. The number of carbonyl (C=O) groups excluding carboxylic acids is 1. The molecule has 1 aliphatic rings. The topological polar surface area (TPSA) is 112 Å². The van der Waals surface area contributed by atoms with Crippen LogP contribution in [-0.2, 0) is 4.74 Å². The van der Waals surface area contributed by atoms with Crippen molar-refractivity contribution < 1.29 is 24.9 Å². The first-order valence-corrected chi connectivity index (χ1v) is 9.24. The van der Waals surface area contributed by atoms with E-state index in [0.29, 0.717) is 15.6 Å². The van der Waals surface area contributed by atoms with Crippen molar-refractivity contribution in [2.24, 2.45) is 0 Å². The van der Waals surface area contributed by atoms with Gasteiger partial charge in [-0.25, -0.2) is 4.98 Å². The minimum absolute atomic E-state index is 0.133. The Hall–Kier alpha value is -1.36. The molecular formula is C16H17BrN2O5S. The molecule has 0 bridgehead atoms. The van der Waals surface area contributed by atoms with Crippen LogP contribution in [0.25, 0.3) is 0 Å². The number of nitrogens with zero attached hydrogens (tertiary/aromatic N) is 1. The second-order valence-electron chi connectivity index (χ2n) is 5.65. The van der Waals surface area contributed by atoms with Crippen molar-refractivity contribution in [3.05, 3.63) is 45.4 Å². The highest BCUT2D eigenvalue weighted by molar-refractivity contribution is 9.10. The zero-order chi connectivity index (χ0) is 18.0. The minimum atomic E-state index is -1.13. The van der Waals surface area contributed by atoms with E-state index in [9.17, 15) is 20.1 Å². The lowest BCUT2D eigenvalue weighted by atomic mass is 10.0. The third-order valence-corrected chi connectivity index (χ3v) is 5.33. The van der Waals surface area contributed by atoms with Crippen molar-refractivity contribution in [1.29, 1.82) is 0 Å². The van der Waals surface area contributed by atoms with E-state index >= 15 is 0 Å². The van der Waals surface area contributed by atoms with Gasteiger partial charge < -0.3 is 25.4 Å². The quantitative estimate of drug-likeness (QED) is 0.532. The Morgan fingerprint density at radius 3 is 2.76 bits per heavy atom. The molecule has 0 radical (unpaired) electrons. The van der Waals surface area contributed by atoms with E-state index in [2.05, 4.69) is 26.2 Å². The van der Waals surface area contributed by atoms with Crippen molar-refractivity contribution in [2.45, 2.75) is 31.0 Å². The maximum atomic E-state index is 12.4. The van der Waals surface area contributed by atoms with Crippen LogP contribution < -0.4 is 5.32 Å². The number of carbonyl (C=O) groups is 1. The number of aromatic nitrogens is 1. The fraction of sp³-hybridized carbons (Fsp3) is 0.375. The lowest BCUT2D eigenvalue weighted by Crippen LogP contribution is -2.51. The highest BCUT2D eigenvalue weighted by atomic mass is 79.9. The summed E-state index contributed by atoms with van der Waals surface area (Å²) >= 11 is 4.50. The van der Waals surface area contributed by atoms with Gasteiger partial charge in [0.1, 0.15) is 18.4 Å². The number of ether oxygens (including phenoxy) is 1. The molecule has 0 amide bonds. The average molecular weight is 429 g/mol. The molecule has 2 heterocycles. The number of aliphatic hydroxyl groups is 3. The molecule has 4 atom stereocenters. The van der Waals surface area contributed by atoms with Crippen LogP contribution in [0.4, 0.5) is 5.13 Å². The number of nitrogens with one attached hydrogen (secondary N) is 1. The van der Waals surface area contributed by atoms with Crippen molar-refractivity contribution >= 4 is 38.2 Å². The summed E-state index contributed by atoms with van der Waals surface area (Å²) < 4.78 is 6.39. The van der Waals surface area contributed by atoms with Gasteiger partial charge in [-0.05, 0) is 24.3 Å².